The van der Waals surface area contributed by atoms with Gasteiger partial charge in [-0.1, -0.05) is 32.4 Å². The molecular weight excluding hydrogens is 284 g/mol. The Bertz CT molecular complexity index is 591. The molecule has 0 saturated heterocycles. The number of benzene rings is 1. The summed E-state index contributed by atoms with van der Waals surface area (Å²) in [5, 5.41) is 8.80. The number of hydrogen-bond acceptors (Lipinski definition) is 3. The number of hydrogen-bond donors (Lipinski definition) is 1. The molecule has 1 aromatic rings. The van der Waals surface area contributed by atoms with Crippen LogP contribution in [0.25, 0.3) is 0 Å². The van der Waals surface area contributed by atoms with E-state index in [2.05, 4.69) is 4.72 Å². The van der Waals surface area contributed by atoms with Gasteiger partial charge in [0.15, 0.2) is 0 Å². The van der Waals surface area contributed by atoms with Crippen molar-refractivity contribution in [2.45, 2.75) is 38.1 Å². The van der Waals surface area contributed by atoms with Crippen molar-refractivity contribution in [1.82, 2.24) is 4.72 Å². The lowest BCUT2D eigenvalue weighted by molar-refractivity contribution is 0.437. The fourth-order valence-electron chi connectivity index (χ4n) is 1.74. The number of nitrogens with one attached hydrogen (secondary N) is 1. The largest absolute Gasteiger partial charge is 0.242 e. The second-order valence-electron chi connectivity index (χ2n) is 4.64. The summed E-state index contributed by atoms with van der Waals surface area (Å²) in [6, 6.07) is 5.93. The smallest absolute Gasteiger partial charge is 0.208 e. The molecule has 19 heavy (non-hydrogen) atoms. The zero-order valence-electron chi connectivity index (χ0n) is 11.1. The van der Waals surface area contributed by atoms with E-state index in [4.69, 9.17) is 16.9 Å². The monoisotopic (exact) mass is 300 g/mol. The molecule has 1 rings (SSSR count). The average molecular weight is 301 g/mol. The van der Waals surface area contributed by atoms with Crippen molar-refractivity contribution in [2.24, 2.45) is 5.92 Å². The van der Waals surface area contributed by atoms with Gasteiger partial charge in [0.25, 0.3) is 0 Å². The van der Waals surface area contributed by atoms with Gasteiger partial charge in [0.05, 0.1) is 16.7 Å². The predicted molar refractivity (Wildman–Crippen MR) is 75.4 cm³/mol. The Labute approximate surface area is 119 Å². The lowest BCUT2D eigenvalue weighted by Crippen LogP contribution is -2.38. The predicted octanol–water partition coefficient (Wildman–Crippen LogP) is 2.92. The zero-order valence-corrected chi connectivity index (χ0v) is 12.7. The van der Waals surface area contributed by atoms with Crippen LogP contribution in [0.15, 0.2) is 23.1 Å². The van der Waals surface area contributed by atoms with Gasteiger partial charge in [-0.15, -0.1) is 0 Å². The van der Waals surface area contributed by atoms with Gasteiger partial charge in [0.1, 0.15) is 4.90 Å². The molecule has 1 N–H and O–H groups in total. The van der Waals surface area contributed by atoms with Crippen molar-refractivity contribution in [1.29, 1.82) is 5.26 Å². The van der Waals surface area contributed by atoms with Crippen molar-refractivity contribution in [3.05, 3.63) is 28.8 Å². The Hall–Kier alpha value is -1.09. The second-order valence-corrected chi connectivity index (χ2v) is 6.73. The molecule has 0 spiro atoms. The molecule has 0 radical (unpaired) electrons. The Kier molecular flexibility index (Phi) is 5.36. The number of halogens is 1. The van der Waals surface area contributed by atoms with Crippen LogP contribution in [0, 0.1) is 17.2 Å². The van der Waals surface area contributed by atoms with Gasteiger partial charge in [0.2, 0.25) is 10.0 Å². The third kappa shape index (κ3) is 3.93. The van der Waals surface area contributed by atoms with Crippen LogP contribution in [-0.2, 0) is 10.0 Å². The third-order valence-electron chi connectivity index (χ3n) is 2.90. The van der Waals surface area contributed by atoms with E-state index in [0.29, 0.717) is 12.0 Å². The van der Waals surface area contributed by atoms with Crippen molar-refractivity contribution in [2.75, 3.05) is 0 Å². The quantitative estimate of drug-likeness (QED) is 0.909. The molecule has 0 aliphatic rings. The highest BCUT2D eigenvalue weighted by Gasteiger charge is 2.23. The summed E-state index contributed by atoms with van der Waals surface area (Å²) < 4.78 is 27.1. The summed E-state index contributed by atoms with van der Waals surface area (Å²) >= 11 is 5.93. The van der Waals surface area contributed by atoms with E-state index in [1.807, 2.05) is 26.8 Å². The van der Waals surface area contributed by atoms with E-state index in [9.17, 15) is 8.42 Å². The Morgan fingerprint density at radius 2 is 2.05 bits per heavy atom. The van der Waals surface area contributed by atoms with Crippen LogP contribution in [0.2, 0.25) is 5.02 Å². The molecule has 6 heteroatoms. The first-order valence-electron chi connectivity index (χ1n) is 6.03. The minimum Gasteiger partial charge on any atom is -0.208 e. The highest BCUT2D eigenvalue weighted by atomic mass is 35.5. The van der Waals surface area contributed by atoms with E-state index in [1.54, 1.807) is 0 Å². The van der Waals surface area contributed by atoms with Gasteiger partial charge in [-0.3, -0.25) is 0 Å². The minimum absolute atomic E-state index is 0.00673. The van der Waals surface area contributed by atoms with E-state index < -0.39 is 10.0 Å². The van der Waals surface area contributed by atoms with E-state index >= 15 is 0 Å². The molecule has 0 heterocycles. The molecule has 1 atom stereocenters. The van der Waals surface area contributed by atoms with E-state index in [0.717, 1.165) is 0 Å². The van der Waals surface area contributed by atoms with Gasteiger partial charge in [0, 0.05) is 6.04 Å². The van der Waals surface area contributed by atoms with Crippen LogP contribution < -0.4 is 4.72 Å². The maximum Gasteiger partial charge on any atom is 0.242 e. The molecule has 0 aliphatic heterocycles. The van der Waals surface area contributed by atoms with E-state index in [-0.39, 0.29) is 21.9 Å². The summed E-state index contributed by atoms with van der Waals surface area (Å²) in [5.41, 5.74) is 0.333. The van der Waals surface area contributed by atoms with Crippen LogP contribution in [-0.4, -0.2) is 14.5 Å². The van der Waals surface area contributed by atoms with Gasteiger partial charge >= 0.3 is 0 Å². The summed E-state index contributed by atoms with van der Waals surface area (Å²) in [6.07, 6.45) is 0.699. The summed E-state index contributed by atoms with van der Waals surface area (Å²) in [5.74, 6) is 0.192. The fourth-order valence-corrected chi connectivity index (χ4v) is 3.75. The minimum atomic E-state index is -3.66. The molecule has 104 valence electrons. The maximum atomic E-state index is 12.2. The molecule has 0 amide bonds. The maximum absolute atomic E-state index is 12.2. The molecule has 1 unspecified atom stereocenters. The zero-order chi connectivity index (χ0) is 14.6. The first-order valence-corrected chi connectivity index (χ1v) is 7.90. The molecular formula is C13H17ClN2O2S. The molecule has 4 nitrogen and oxygen atoms in total. The highest BCUT2D eigenvalue weighted by molar-refractivity contribution is 7.89. The Morgan fingerprint density at radius 3 is 2.47 bits per heavy atom. The fraction of sp³-hybridized carbons (Fsp3) is 0.462. The SMILES string of the molecule is CCC(NS(=O)(=O)c1ccc(C#N)cc1Cl)C(C)C. The summed E-state index contributed by atoms with van der Waals surface area (Å²) in [4.78, 5) is 0.00673. The Morgan fingerprint density at radius 1 is 1.42 bits per heavy atom. The lowest BCUT2D eigenvalue weighted by atomic mass is 10.0. The summed E-state index contributed by atoms with van der Waals surface area (Å²) in [6.45, 7) is 5.84. The van der Waals surface area contributed by atoms with E-state index in [1.165, 1.54) is 18.2 Å². The van der Waals surface area contributed by atoms with Gasteiger partial charge in [-0.2, -0.15) is 5.26 Å². The lowest BCUT2D eigenvalue weighted by Gasteiger charge is -2.21. The molecule has 0 bridgehead atoms. The highest BCUT2D eigenvalue weighted by Crippen LogP contribution is 2.23. The van der Waals surface area contributed by atoms with Crippen molar-refractivity contribution in [3.63, 3.8) is 0 Å². The molecule has 0 aliphatic carbocycles. The van der Waals surface area contributed by atoms with Crippen LogP contribution in [0.4, 0.5) is 0 Å². The molecule has 0 saturated carbocycles. The molecule has 0 aromatic heterocycles. The normalized spacial score (nSPS) is 13.3. The van der Waals surface area contributed by atoms with Crippen LogP contribution in [0.3, 0.4) is 0 Å². The second kappa shape index (κ2) is 6.38. The number of nitrogens with zero attached hydrogens (tertiary/aromatic N) is 1. The molecule has 0 fully saturated rings. The number of sulfonamides is 1. The standard InChI is InChI=1S/C13H17ClN2O2S/c1-4-12(9(2)3)16-19(17,18)13-6-5-10(8-15)7-11(13)14/h5-7,9,12,16H,4H2,1-3H3. The van der Waals surface area contributed by atoms with Gasteiger partial charge in [-0.25, -0.2) is 13.1 Å². The van der Waals surface area contributed by atoms with Crippen LogP contribution in [0.1, 0.15) is 32.8 Å². The third-order valence-corrected chi connectivity index (χ3v) is 4.87. The van der Waals surface area contributed by atoms with Crippen molar-refractivity contribution >= 4 is 21.6 Å². The summed E-state index contributed by atoms with van der Waals surface area (Å²) in [7, 11) is -3.66. The van der Waals surface area contributed by atoms with Gasteiger partial charge < -0.3 is 0 Å². The van der Waals surface area contributed by atoms with Gasteiger partial charge in [-0.05, 0) is 30.5 Å². The first-order chi connectivity index (χ1) is 8.81. The molecule has 1 aromatic carbocycles. The Balaban J connectivity index is 3.11. The average Bonchev–Trinajstić information content (AvgIpc) is 2.35. The number of rotatable bonds is 5. The number of nitriles is 1. The topological polar surface area (TPSA) is 70.0 Å². The van der Waals surface area contributed by atoms with Crippen molar-refractivity contribution < 1.29 is 8.42 Å². The van der Waals surface area contributed by atoms with Crippen LogP contribution in [0.5, 0.6) is 0 Å². The first kappa shape index (κ1) is 16.0. The van der Waals surface area contributed by atoms with Crippen molar-refractivity contribution in [3.8, 4) is 6.07 Å². The van der Waals surface area contributed by atoms with Crippen LogP contribution >= 0.6 is 11.6 Å².